The number of carboxylic acid groups (broad SMARTS) is 1. The van der Waals surface area contributed by atoms with Crippen LogP contribution in [0.2, 0.25) is 25.7 Å². The van der Waals surface area contributed by atoms with Gasteiger partial charge in [0.15, 0.2) is 5.69 Å². The molecule has 6 nitrogen and oxygen atoms in total. The molecule has 0 aliphatic carbocycles. The van der Waals surface area contributed by atoms with Gasteiger partial charge in [-0.2, -0.15) is 18.3 Å². The molecule has 10 heteroatoms. The van der Waals surface area contributed by atoms with Gasteiger partial charge in [0, 0.05) is 45.3 Å². The van der Waals surface area contributed by atoms with Crippen molar-refractivity contribution in [2.75, 3.05) is 24.6 Å². The maximum Gasteiger partial charge on any atom is 0.389 e. The van der Waals surface area contributed by atoms with Crippen molar-refractivity contribution in [1.82, 2.24) is 9.78 Å². The van der Waals surface area contributed by atoms with Crippen LogP contribution in [-0.2, 0) is 11.5 Å². The van der Waals surface area contributed by atoms with Gasteiger partial charge in [-0.05, 0) is 36.6 Å². The Morgan fingerprint density at radius 1 is 1.33 bits per heavy atom. The third-order valence-electron chi connectivity index (χ3n) is 5.32. The molecule has 0 saturated carbocycles. The second-order valence-corrected chi connectivity index (χ2v) is 14.7. The van der Waals surface area contributed by atoms with Crippen LogP contribution in [0.1, 0.15) is 23.3 Å². The van der Waals surface area contributed by atoms with Crippen LogP contribution < -0.4 is 4.90 Å². The van der Waals surface area contributed by atoms with Crippen LogP contribution in [0.5, 0.6) is 0 Å². The Bertz CT molecular complexity index is 908. The lowest BCUT2D eigenvalue weighted by atomic mass is 10.1. The number of rotatable bonds is 8. The van der Waals surface area contributed by atoms with Crippen molar-refractivity contribution in [2.24, 2.45) is 5.92 Å². The predicted octanol–water partition coefficient (Wildman–Crippen LogP) is 4.83. The Hall–Kier alpha value is -2.07. The zero-order chi connectivity index (χ0) is 22.1. The Labute approximate surface area is 174 Å². The van der Waals surface area contributed by atoms with E-state index >= 15 is 0 Å². The molecule has 1 aromatic carbocycles. The molecule has 1 saturated heterocycles. The highest BCUT2D eigenvalue weighted by Crippen LogP contribution is 2.34. The van der Waals surface area contributed by atoms with Gasteiger partial charge in [-0.3, -0.25) is 0 Å². The highest BCUT2D eigenvalue weighted by Gasteiger charge is 2.35. The number of carbonyl (C=O) groups is 1. The van der Waals surface area contributed by atoms with Gasteiger partial charge in [0.1, 0.15) is 6.73 Å². The lowest BCUT2D eigenvalue weighted by Gasteiger charge is -2.19. The Morgan fingerprint density at radius 2 is 2.07 bits per heavy atom. The molecule has 1 fully saturated rings. The Balaban J connectivity index is 1.77. The van der Waals surface area contributed by atoms with E-state index in [-0.39, 0.29) is 12.4 Å². The van der Waals surface area contributed by atoms with Crippen molar-refractivity contribution < 1.29 is 27.8 Å². The molecule has 0 amide bonds. The molecule has 166 valence electrons. The van der Waals surface area contributed by atoms with Gasteiger partial charge in [0.2, 0.25) is 0 Å². The Kier molecular flexibility index (Phi) is 6.47. The molecule has 1 aliphatic rings. The molecule has 0 radical (unpaired) electrons. The molecule has 2 heterocycles. The van der Waals surface area contributed by atoms with E-state index in [1.807, 2.05) is 11.0 Å². The van der Waals surface area contributed by atoms with E-state index in [1.54, 1.807) is 12.1 Å². The molecule has 1 N–H and O–H groups in total. The van der Waals surface area contributed by atoms with Gasteiger partial charge in [-0.25, -0.2) is 9.48 Å². The summed E-state index contributed by atoms with van der Waals surface area (Å²) < 4.78 is 45.3. The van der Waals surface area contributed by atoms with Gasteiger partial charge in [-0.15, -0.1) is 0 Å². The van der Waals surface area contributed by atoms with Gasteiger partial charge >= 0.3 is 12.1 Å². The van der Waals surface area contributed by atoms with E-state index in [4.69, 9.17) is 4.74 Å². The zero-order valence-corrected chi connectivity index (χ0v) is 18.5. The summed E-state index contributed by atoms with van der Waals surface area (Å²) in [6.07, 6.45) is -4.50. The first kappa shape index (κ1) is 22.6. The monoisotopic (exact) mass is 443 g/mol. The number of anilines is 1. The average Bonchev–Trinajstić information content (AvgIpc) is 3.20. The van der Waals surface area contributed by atoms with E-state index in [0.717, 1.165) is 6.04 Å². The third kappa shape index (κ3) is 5.75. The van der Waals surface area contributed by atoms with Crippen LogP contribution >= 0.6 is 0 Å². The maximum absolute atomic E-state index is 12.7. The number of aromatic nitrogens is 2. The van der Waals surface area contributed by atoms with Crippen molar-refractivity contribution in [3.8, 4) is 0 Å². The van der Waals surface area contributed by atoms with Crippen LogP contribution in [0, 0.1) is 5.92 Å². The topological polar surface area (TPSA) is 67.6 Å². The maximum atomic E-state index is 12.7. The number of benzene rings is 1. The summed E-state index contributed by atoms with van der Waals surface area (Å²) in [7, 11) is -1.23. The molecular formula is C20H28F3N3O3Si. The van der Waals surface area contributed by atoms with Gasteiger partial charge in [0.25, 0.3) is 0 Å². The van der Waals surface area contributed by atoms with Crippen molar-refractivity contribution >= 4 is 30.6 Å². The number of halogens is 3. The first-order valence-corrected chi connectivity index (χ1v) is 13.8. The van der Waals surface area contributed by atoms with Gasteiger partial charge in [-0.1, -0.05) is 19.6 Å². The zero-order valence-electron chi connectivity index (χ0n) is 17.5. The molecular weight excluding hydrogens is 415 g/mol. The number of alkyl halides is 3. The van der Waals surface area contributed by atoms with Crippen LogP contribution in [0.4, 0.5) is 18.9 Å². The summed E-state index contributed by atoms with van der Waals surface area (Å²) in [5.41, 5.74) is 1.27. The van der Waals surface area contributed by atoms with Crippen molar-refractivity contribution in [2.45, 2.75) is 51.4 Å². The van der Waals surface area contributed by atoms with E-state index in [0.29, 0.717) is 42.7 Å². The molecule has 3 rings (SSSR count). The molecule has 2 aromatic rings. The molecule has 1 unspecified atom stereocenters. The number of aromatic carboxylic acids is 1. The highest BCUT2D eigenvalue weighted by atomic mass is 28.3. The lowest BCUT2D eigenvalue weighted by Crippen LogP contribution is -2.22. The number of ether oxygens (including phenoxy) is 1. The van der Waals surface area contributed by atoms with Gasteiger partial charge < -0.3 is 14.7 Å². The fourth-order valence-electron chi connectivity index (χ4n) is 3.71. The molecule has 1 atom stereocenters. The molecule has 0 spiro atoms. The quantitative estimate of drug-likeness (QED) is 0.468. The molecule has 30 heavy (non-hydrogen) atoms. The second kappa shape index (κ2) is 8.58. The summed E-state index contributed by atoms with van der Waals surface area (Å²) in [5, 5.41) is 14.2. The van der Waals surface area contributed by atoms with Crippen molar-refractivity contribution in [3.63, 3.8) is 0 Å². The minimum absolute atomic E-state index is 0.0771. The average molecular weight is 444 g/mol. The van der Waals surface area contributed by atoms with Crippen LogP contribution in [0.25, 0.3) is 10.9 Å². The molecule has 1 aromatic heterocycles. The first-order valence-electron chi connectivity index (χ1n) is 10.1. The number of hydrogen-bond acceptors (Lipinski definition) is 4. The number of hydrogen-bond donors (Lipinski definition) is 1. The molecule has 1 aliphatic heterocycles. The number of nitrogens with zero attached hydrogens (tertiary/aromatic N) is 3. The largest absolute Gasteiger partial charge is 0.476 e. The summed E-state index contributed by atoms with van der Waals surface area (Å²) in [4.78, 5) is 13.6. The van der Waals surface area contributed by atoms with E-state index in [2.05, 4.69) is 24.7 Å². The van der Waals surface area contributed by atoms with Crippen molar-refractivity contribution in [1.29, 1.82) is 0 Å². The smallest absolute Gasteiger partial charge is 0.389 e. The number of fused-ring (bicyclic) bond motifs is 1. The minimum Gasteiger partial charge on any atom is -0.476 e. The highest BCUT2D eigenvalue weighted by molar-refractivity contribution is 6.76. The fraction of sp³-hybridized carbons (Fsp3) is 0.600. The summed E-state index contributed by atoms with van der Waals surface area (Å²) in [6, 6.07) is 6.28. The lowest BCUT2D eigenvalue weighted by molar-refractivity contribution is -0.142. The van der Waals surface area contributed by atoms with E-state index in [9.17, 15) is 23.1 Å². The Morgan fingerprint density at radius 3 is 2.70 bits per heavy atom. The van der Waals surface area contributed by atoms with Crippen molar-refractivity contribution in [3.05, 3.63) is 23.9 Å². The number of carboxylic acids is 1. The van der Waals surface area contributed by atoms with E-state index in [1.165, 1.54) is 4.68 Å². The molecule has 0 bridgehead atoms. The summed E-state index contributed by atoms with van der Waals surface area (Å²) in [6.45, 7) is 8.32. The normalized spacial score (nSPS) is 17.8. The summed E-state index contributed by atoms with van der Waals surface area (Å²) >= 11 is 0. The van der Waals surface area contributed by atoms with Gasteiger partial charge in [0.05, 0.1) is 5.52 Å². The minimum atomic E-state index is -4.17. The third-order valence-corrected chi connectivity index (χ3v) is 7.02. The van der Waals surface area contributed by atoms with Crippen LogP contribution in [0.15, 0.2) is 18.2 Å². The van der Waals surface area contributed by atoms with Crippen LogP contribution in [0.3, 0.4) is 0 Å². The standard InChI is InChI=1S/C20H28F3N3O3Si/c1-30(2,3)9-8-29-13-26-17-5-4-15(10-16(17)18(24-26)19(27)28)25-7-6-14(12-25)11-20(21,22)23/h4-5,10,14H,6-9,11-13H2,1-3H3,(H,27,28). The second-order valence-electron chi connectivity index (χ2n) is 9.12. The summed E-state index contributed by atoms with van der Waals surface area (Å²) in [5.74, 6) is -1.59. The fourth-order valence-corrected chi connectivity index (χ4v) is 4.47. The SMILES string of the molecule is C[Si](C)(C)CCOCn1nc(C(=O)O)c2cc(N3CCC(CC(F)(F)F)C3)ccc21. The predicted molar refractivity (Wildman–Crippen MR) is 112 cm³/mol. The first-order chi connectivity index (χ1) is 13.9. The van der Waals surface area contributed by atoms with E-state index < -0.39 is 32.6 Å². The van der Waals surface area contributed by atoms with Crippen LogP contribution in [-0.4, -0.2) is 54.8 Å².